The molecule has 2 unspecified atom stereocenters. The van der Waals surface area contributed by atoms with Gasteiger partial charge < -0.3 is 15.3 Å². The minimum Gasteiger partial charge on any atom is -0.480 e. The fraction of sp³-hybridized carbons (Fsp3) is 0.857. The van der Waals surface area contributed by atoms with Crippen LogP contribution in [0.2, 0.25) is 0 Å². The van der Waals surface area contributed by atoms with Gasteiger partial charge in [0, 0.05) is 17.8 Å². The Hall–Kier alpha value is -0.910. The van der Waals surface area contributed by atoms with E-state index < -0.39 is 11.5 Å². The van der Waals surface area contributed by atoms with E-state index in [1.54, 1.807) is 20.8 Å². The molecule has 116 valence electrons. The molecule has 1 rings (SSSR count). The number of likely N-dealkylation sites (N-methyl/N-ethyl adjacent to an activating group) is 1. The van der Waals surface area contributed by atoms with Gasteiger partial charge in [-0.05, 0) is 39.4 Å². The van der Waals surface area contributed by atoms with Crippen LogP contribution in [0.25, 0.3) is 0 Å². The Morgan fingerprint density at radius 3 is 2.50 bits per heavy atom. The molecule has 2 amide bonds. The van der Waals surface area contributed by atoms with E-state index in [1.165, 1.54) is 4.90 Å². The lowest BCUT2D eigenvalue weighted by molar-refractivity contribution is -0.147. The highest BCUT2D eigenvalue weighted by atomic mass is 32.2. The van der Waals surface area contributed by atoms with Crippen LogP contribution in [0.5, 0.6) is 0 Å². The molecule has 1 aliphatic rings. The summed E-state index contributed by atoms with van der Waals surface area (Å²) in [5.41, 5.74) is -1.19. The van der Waals surface area contributed by atoms with Crippen LogP contribution >= 0.6 is 11.8 Å². The summed E-state index contributed by atoms with van der Waals surface area (Å²) in [6, 6.07) is -0.111. The number of urea groups is 1. The van der Waals surface area contributed by atoms with Crippen molar-refractivity contribution in [2.45, 2.75) is 63.8 Å². The van der Waals surface area contributed by atoms with Crippen LogP contribution in [0.1, 0.15) is 47.0 Å². The Balaban J connectivity index is 2.70. The minimum atomic E-state index is -1.19. The summed E-state index contributed by atoms with van der Waals surface area (Å²) in [7, 11) is 0. The van der Waals surface area contributed by atoms with Crippen LogP contribution in [0.3, 0.4) is 0 Å². The van der Waals surface area contributed by atoms with Crippen molar-refractivity contribution in [3.8, 4) is 0 Å². The zero-order chi connectivity index (χ0) is 15.3. The molecule has 20 heavy (non-hydrogen) atoms. The first kappa shape index (κ1) is 17.1. The predicted octanol–water partition coefficient (Wildman–Crippen LogP) is 2.56. The SMILES string of the molecule is CCSC1CCCC1NC(=O)N(CC)C(C)(C)C(=O)O. The monoisotopic (exact) mass is 302 g/mol. The third-order valence-electron chi connectivity index (χ3n) is 3.90. The lowest BCUT2D eigenvalue weighted by Gasteiger charge is -2.35. The Kier molecular flexibility index (Phi) is 6.17. The zero-order valence-corrected chi connectivity index (χ0v) is 13.6. The maximum Gasteiger partial charge on any atom is 0.329 e. The zero-order valence-electron chi connectivity index (χ0n) is 12.8. The summed E-state index contributed by atoms with van der Waals surface area (Å²) in [6.45, 7) is 7.42. The van der Waals surface area contributed by atoms with E-state index in [0.29, 0.717) is 11.8 Å². The van der Waals surface area contributed by atoms with Gasteiger partial charge in [0.1, 0.15) is 5.54 Å². The quantitative estimate of drug-likeness (QED) is 0.791. The molecule has 2 atom stereocenters. The Morgan fingerprint density at radius 1 is 1.35 bits per heavy atom. The maximum absolute atomic E-state index is 12.4. The van der Waals surface area contributed by atoms with Gasteiger partial charge in [0.05, 0.1) is 0 Å². The Morgan fingerprint density at radius 2 is 2.00 bits per heavy atom. The number of thioether (sulfide) groups is 1. The molecule has 2 N–H and O–H groups in total. The summed E-state index contributed by atoms with van der Waals surface area (Å²) in [4.78, 5) is 25.1. The minimum absolute atomic E-state index is 0.158. The second kappa shape index (κ2) is 7.20. The first-order valence-electron chi connectivity index (χ1n) is 7.27. The second-order valence-electron chi connectivity index (χ2n) is 5.59. The number of nitrogens with zero attached hydrogens (tertiary/aromatic N) is 1. The standard InChI is InChI=1S/C14H26N2O3S/c1-5-16(14(3,4)12(17)18)13(19)15-10-8-7-9-11(10)20-6-2/h10-11H,5-9H2,1-4H3,(H,15,19)(H,17,18). The van der Waals surface area contributed by atoms with Crippen molar-refractivity contribution in [2.24, 2.45) is 0 Å². The highest BCUT2D eigenvalue weighted by Gasteiger charge is 2.38. The summed E-state index contributed by atoms with van der Waals surface area (Å²) in [5, 5.41) is 12.7. The van der Waals surface area contributed by atoms with Crippen molar-refractivity contribution >= 4 is 23.8 Å². The van der Waals surface area contributed by atoms with Crippen molar-refractivity contribution in [1.82, 2.24) is 10.2 Å². The smallest absolute Gasteiger partial charge is 0.329 e. The molecule has 0 saturated heterocycles. The summed E-state index contributed by atoms with van der Waals surface area (Å²) < 4.78 is 0. The number of carboxylic acid groups (broad SMARTS) is 1. The van der Waals surface area contributed by atoms with Crippen LogP contribution in [0.4, 0.5) is 4.79 Å². The van der Waals surface area contributed by atoms with E-state index in [0.717, 1.165) is 25.0 Å². The van der Waals surface area contributed by atoms with Gasteiger partial charge in [-0.2, -0.15) is 11.8 Å². The lowest BCUT2D eigenvalue weighted by atomic mass is 10.0. The highest BCUT2D eigenvalue weighted by molar-refractivity contribution is 7.99. The van der Waals surface area contributed by atoms with E-state index in [-0.39, 0.29) is 12.1 Å². The third-order valence-corrected chi connectivity index (χ3v) is 5.23. The van der Waals surface area contributed by atoms with Crippen LogP contribution in [-0.4, -0.2) is 51.1 Å². The highest BCUT2D eigenvalue weighted by Crippen LogP contribution is 2.30. The van der Waals surface area contributed by atoms with Crippen LogP contribution < -0.4 is 5.32 Å². The number of rotatable bonds is 6. The average molecular weight is 302 g/mol. The maximum atomic E-state index is 12.4. The molecule has 0 heterocycles. The van der Waals surface area contributed by atoms with Gasteiger partial charge in [-0.15, -0.1) is 0 Å². The van der Waals surface area contributed by atoms with Gasteiger partial charge in [-0.1, -0.05) is 13.3 Å². The molecule has 0 bridgehead atoms. The third kappa shape index (κ3) is 3.81. The molecule has 0 radical (unpaired) electrons. The molecular formula is C14H26N2O3S. The van der Waals surface area contributed by atoms with Gasteiger partial charge in [0.25, 0.3) is 0 Å². The molecule has 0 aromatic heterocycles. The fourth-order valence-electron chi connectivity index (χ4n) is 2.65. The number of aliphatic carboxylic acids is 1. The van der Waals surface area contributed by atoms with Crippen molar-refractivity contribution in [3.63, 3.8) is 0 Å². The van der Waals surface area contributed by atoms with E-state index in [1.807, 2.05) is 11.8 Å². The molecule has 1 fully saturated rings. The van der Waals surface area contributed by atoms with Gasteiger partial charge in [0.15, 0.2) is 0 Å². The Labute approximate surface area is 125 Å². The number of carbonyl (C=O) groups is 2. The predicted molar refractivity (Wildman–Crippen MR) is 82.2 cm³/mol. The topological polar surface area (TPSA) is 69.6 Å². The van der Waals surface area contributed by atoms with Crippen LogP contribution in [0, 0.1) is 0 Å². The molecule has 1 aliphatic carbocycles. The van der Waals surface area contributed by atoms with E-state index in [2.05, 4.69) is 12.2 Å². The van der Waals surface area contributed by atoms with Gasteiger partial charge >= 0.3 is 12.0 Å². The van der Waals surface area contributed by atoms with E-state index in [9.17, 15) is 14.7 Å². The molecule has 0 spiro atoms. The molecule has 1 saturated carbocycles. The number of hydrogen-bond acceptors (Lipinski definition) is 3. The average Bonchev–Trinajstić information content (AvgIpc) is 2.77. The second-order valence-corrected chi connectivity index (χ2v) is 7.11. The van der Waals surface area contributed by atoms with Crippen LogP contribution in [0.15, 0.2) is 0 Å². The fourth-order valence-corrected chi connectivity index (χ4v) is 3.85. The Bertz CT molecular complexity index is 360. The largest absolute Gasteiger partial charge is 0.480 e. The van der Waals surface area contributed by atoms with Crippen LogP contribution in [-0.2, 0) is 4.79 Å². The van der Waals surface area contributed by atoms with Gasteiger partial charge in [-0.3, -0.25) is 0 Å². The number of hydrogen-bond donors (Lipinski definition) is 2. The number of amides is 2. The van der Waals surface area contributed by atoms with E-state index >= 15 is 0 Å². The van der Waals surface area contributed by atoms with Crippen molar-refractivity contribution in [1.29, 1.82) is 0 Å². The van der Waals surface area contributed by atoms with E-state index in [4.69, 9.17) is 0 Å². The van der Waals surface area contributed by atoms with Crippen molar-refractivity contribution < 1.29 is 14.7 Å². The first-order chi connectivity index (χ1) is 9.34. The summed E-state index contributed by atoms with van der Waals surface area (Å²) in [6.07, 6.45) is 3.23. The first-order valence-corrected chi connectivity index (χ1v) is 8.32. The van der Waals surface area contributed by atoms with Gasteiger partial charge in [0.2, 0.25) is 0 Å². The molecule has 0 aromatic rings. The molecule has 5 nitrogen and oxygen atoms in total. The number of carbonyl (C=O) groups excluding carboxylic acids is 1. The molecule has 0 aromatic carbocycles. The van der Waals surface area contributed by atoms with Crippen molar-refractivity contribution in [3.05, 3.63) is 0 Å². The molecule has 0 aliphatic heterocycles. The normalized spacial score (nSPS) is 22.6. The van der Waals surface area contributed by atoms with Crippen molar-refractivity contribution in [2.75, 3.05) is 12.3 Å². The molecule has 6 heteroatoms. The summed E-state index contributed by atoms with van der Waals surface area (Å²) in [5.74, 6) is 0.0511. The number of carboxylic acids is 1. The van der Waals surface area contributed by atoms with Gasteiger partial charge in [-0.25, -0.2) is 9.59 Å². The molecular weight excluding hydrogens is 276 g/mol. The number of nitrogens with one attached hydrogen (secondary N) is 1. The lowest BCUT2D eigenvalue weighted by Crippen LogP contribution is -2.58. The summed E-state index contributed by atoms with van der Waals surface area (Å²) >= 11 is 1.87.